The van der Waals surface area contributed by atoms with E-state index in [-0.39, 0.29) is 23.9 Å². The number of Topliss-reactive ketones (excluding diaryl/α,β-unsaturated/α-hetero) is 2. The molecule has 3 rings (SSSR count). The monoisotopic (exact) mass is 400 g/mol. The molecule has 1 aliphatic heterocycles. The molecule has 6 nitrogen and oxygen atoms in total. The van der Waals surface area contributed by atoms with Crippen LogP contribution in [0, 0.1) is 0 Å². The molecule has 0 N–H and O–H groups in total. The van der Waals surface area contributed by atoms with Crippen molar-refractivity contribution in [1.82, 2.24) is 0 Å². The average Bonchev–Trinajstić information content (AvgIpc) is 2.95. The number of rotatable bonds is 7. The van der Waals surface area contributed by atoms with Crippen molar-refractivity contribution in [1.29, 1.82) is 0 Å². The van der Waals surface area contributed by atoms with Crippen molar-refractivity contribution < 1.29 is 28.6 Å². The topological polar surface area (TPSA) is 78.9 Å². The van der Waals surface area contributed by atoms with Crippen molar-refractivity contribution in [3.8, 4) is 11.5 Å². The minimum atomic E-state index is -0.602. The molecule has 7 heteroatoms. The second kappa shape index (κ2) is 9.41. The highest BCUT2D eigenvalue weighted by Crippen LogP contribution is 2.30. The summed E-state index contributed by atoms with van der Waals surface area (Å²) in [4.78, 5) is 36.7. The Morgan fingerprint density at radius 1 is 1.04 bits per heavy atom. The van der Waals surface area contributed by atoms with Crippen molar-refractivity contribution in [3.63, 3.8) is 0 Å². The second-order valence-electron chi connectivity index (χ2n) is 6.20. The molecule has 2 aromatic rings. The Morgan fingerprint density at radius 2 is 1.79 bits per heavy atom. The molecule has 0 atom stereocenters. The first-order valence-corrected chi connectivity index (χ1v) is 9.84. The Morgan fingerprint density at radius 3 is 2.57 bits per heavy atom. The summed E-state index contributed by atoms with van der Waals surface area (Å²) in [6, 6.07) is 11.8. The van der Waals surface area contributed by atoms with Crippen LogP contribution in [0.15, 0.2) is 47.4 Å². The molecule has 0 fully saturated rings. The smallest absolute Gasteiger partial charge is 0.339 e. The molecule has 2 aromatic carbocycles. The van der Waals surface area contributed by atoms with Gasteiger partial charge in [-0.3, -0.25) is 9.59 Å². The van der Waals surface area contributed by atoms with Crippen LogP contribution < -0.4 is 9.47 Å². The summed E-state index contributed by atoms with van der Waals surface area (Å²) in [5, 5.41) is 0. The Hall–Kier alpha value is -2.80. The molecule has 1 aliphatic rings. The molecule has 0 amide bonds. The SMILES string of the molecule is CC(=O)CSc1ccccc1C(=O)OCC(=O)c1ccc2c(c1)OCCCO2. The van der Waals surface area contributed by atoms with Gasteiger partial charge in [-0.1, -0.05) is 12.1 Å². The van der Waals surface area contributed by atoms with Gasteiger partial charge in [0.25, 0.3) is 0 Å². The van der Waals surface area contributed by atoms with Crippen LogP contribution in [0.5, 0.6) is 11.5 Å². The summed E-state index contributed by atoms with van der Waals surface area (Å²) in [5.41, 5.74) is 0.719. The van der Waals surface area contributed by atoms with Gasteiger partial charge < -0.3 is 14.2 Å². The molecule has 0 saturated carbocycles. The van der Waals surface area contributed by atoms with E-state index >= 15 is 0 Å². The molecule has 0 unspecified atom stereocenters. The van der Waals surface area contributed by atoms with Crippen LogP contribution in [0.2, 0.25) is 0 Å². The standard InChI is InChI=1S/C21H20O6S/c1-14(22)13-28-20-6-3-2-5-16(20)21(24)27-12-17(23)15-7-8-18-19(11-15)26-10-4-9-25-18/h2-3,5-8,11H,4,9-10,12-13H2,1H3. The highest BCUT2D eigenvalue weighted by Gasteiger charge is 2.18. The van der Waals surface area contributed by atoms with Gasteiger partial charge >= 0.3 is 5.97 Å². The molecular weight excluding hydrogens is 380 g/mol. The summed E-state index contributed by atoms with van der Waals surface area (Å²) in [7, 11) is 0. The van der Waals surface area contributed by atoms with Crippen molar-refractivity contribution in [2.24, 2.45) is 0 Å². The Labute approximate surface area is 167 Å². The third-order valence-electron chi connectivity index (χ3n) is 3.94. The molecule has 0 aromatic heterocycles. The predicted octanol–water partition coefficient (Wildman–Crippen LogP) is 3.57. The zero-order valence-electron chi connectivity index (χ0n) is 15.4. The van der Waals surface area contributed by atoms with Gasteiger partial charge in [0.2, 0.25) is 0 Å². The summed E-state index contributed by atoms with van der Waals surface area (Å²) in [5.74, 6) is 0.452. The first-order chi connectivity index (χ1) is 13.5. The molecule has 0 bridgehead atoms. The van der Waals surface area contributed by atoms with Crippen molar-refractivity contribution in [2.45, 2.75) is 18.2 Å². The van der Waals surface area contributed by atoms with E-state index < -0.39 is 5.97 Å². The van der Waals surface area contributed by atoms with E-state index in [4.69, 9.17) is 14.2 Å². The normalized spacial score (nSPS) is 12.8. The van der Waals surface area contributed by atoms with E-state index in [2.05, 4.69) is 0 Å². The van der Waals surface area contributed by atoms with Gasteiger partial charge in [0.05, 0.1) is 24.5 Å². The number of hydrogen-bond donors (Lipinski definition) is 0. The number of thioether (sulfide) groups is 1. The van der Waals surface area contributed by atoms with E-state index in [1.54, 1.807) is 42.5 Å². The molecular formula is C21H20O6S. The lowest BCUT2D eigenvalue weighted by Gasteiger charge is -2.10. The largest absolute Gasteiger partial charge is 0.490 e. The first-order valence-electron chi connectivity index (χ1n) is 8.86. The Balaban J connectivity index is 1.64. The van der Waals surface area contributed by atoms with Crippen molar-refractivity contribution >= 4 is 29.3 Å². The fourth-order valence-electron chi connectivity index (χ4n) is 2.57. The summed E-state index contributed by atoms with van der Waals surface area (Å²) >= 11 is 1.27. The van der Waals surface area contributed by atoms with E-state index in [0.717, 1.165) is 6.42 Å². The fraction of sp³-hybridized carbons (Fsp3) is 0.286. The lowest BCUT2D eigenvalue weighted by atomic mass is 10.1. The Kier molecular flexibility index (Phi) is 6.71. The average molecular weight is 400 g/mol. The molecule has 0 aliphatic carbocycles. The number of benzene rings is 2. The van der Waals surface area contributed by atoms with Gasteiger partial charge in [-0.05, 0) is 37.3 Å². The van der Waals surface area contributed by atoms with Crippen molar-refractivity contribution in [2.75, 3.05) is 25.6 Å². The van der Waals surface area contributed by atoms with Crippen LogP contribution in [0.1, 0.15) is 34.1 Å². The van der Waals surface area contributed by atoms with E-state index in [1.807, 2.05) is 0 Å². The number of carbonyl (C=O) groups excluding carboxylic acids is 3. The number of fused-ring (bicyclic) bond motifs is 1. The lowest BCUT2D eigenvalue weighted by molar-refractivity contribution is -0.114. The quantitative estimate of drug-likeness (QED) is 0.399. The molecule has 28 heavy (non-hydrogen) atoms. The van der Waals surface area contributed by atoms with Crippen LogP contribution in [-0.4, -0.2) is 43.1 Å². The number of carbonyl (C=O) groups is 3. The minimum absolute atomic E-state index is 0.0118. The second-order valence-corrected chi connectivity index (χ2v) is 7.22. The van der Waals surface area contributed by atoms with Crippen LogP contribution in [0.25, 0.3) is 0 Å². The molecule has 1 heterocycles. The van der Waals surface area contributed by atoms with E-state index in [0.29, 0.717) is 40.7 Å². The maximum atomic E-state index is 12.4. The van der Waals surface area contributed by atoms with Crippen LogP contribution >= 0.6 is 11.8 Å². The van der Waals surface area contributed by atoms with E-state index in [9.17, 15) is 14.4 Å². The maximum absolute atomic E-state index is 12.4. The third-order valence-corrected chi connectivity index (χ3v) is 5.16. The van der Waals surface area contributed by atoms with Gasteiger partial charge in [-0.25, -0.2) is 4.79 Å². The number of hydrogen-bond acceptors (Lipinski definition) is 7. The predicted molar refractivity (Wildman–Crippen MR) is 105 cm³/mol. The van der Waals surface area contributed by atoms with Crippen LogP contribution in [-0.2, 0) is 9.53 Å². The van der Waals surface area contributed by atoms with Gasteiger partial charge in [0.1, 0.15) is 5.78 Å². The number of esters is 1. The fourth-order valence-corrected chi connectivity index (χ4v) is 3.41. The summed E-state index contributed by atoms with van der Waals surface area (Å²) < 4.78 is 16.3. The molecule has 0 radical (unpaired) electrons. The van der Waals surface area contributed by atoms with Gasteiger partial charge in [-0.15, -0.1) is 11.8 Å². The molecule has 146 valence electrons. The maximum Gasteiger partial charge on any atom is 0.339 e. The van der Waals surface area contributed by atoms with Crippen molar-refractivity contribution in [3.05, 3.63) is 53.6 Å². The highest BCUT2D eigenvalue weighted by molar-refractivity contribution is 8.00. The summed E-state index contributed by atoms with van der Waals surface area (Å²) in [6.45, 7) is 2.19. The van der Waals surface area contributed by atoms with Crippen LogP contribution in [0.4, 0.5) is 0 Å². The minimum Gasteiger partial charge on any atom is -0.490 e. The molecule has 0 spiro atoms. The molecule has 0 saturated heterocycles. The van der Waals surface area contributed by atoms with Gasteiger partial charge in [-0.2, -0.15) is 0 Å². The third kappa shape index (κ3) is 5.13. The summed E-state index contributed by atoms with van der Waals surface area (Å²) in [6.07, 6.45) is 0.774. The number of ketones is 2. The Bertz CT molecular complexity index is 892. The zero-order valence-corrected chi connectivity index (χ0v) is 16.3. The van der Waals surface area contributed by atoms with E-state index in [1.165, 1.54) is 18.7 Å². The van der Waals surface area contributed by atoms with Crippen LogP contribution in [0.3, 0.4) is 0 Å². The van der Waals surface area contributed by atoms with Gasteiger partial charge in [0, 0.05) is 16.9 Å². The zero-order chi connectivity index (χ0) is 19.9. The number of ether oxygens (including phenoxy) is 3. The first kappa shape index (κ1) is 19.9. The lowest BCUT2D eigenvalue weighted by Crippen LogP contribution is -2.15. The highest BCUT2D eigenvalue weighted by atomic mass is 32.2. The van der Waals surface area contributed by atoms with Gasteiger partial charge in [0.15, 0.2) is 23.9 Å².